The first-order valence-corrected chi connectivity index (χ1v) is 5.94. The number of hydrogen-bond donors (Lipinski definition) is 0. The summed E-state index contributed by atoms with van der Waals surface area (Å²) in [7, 11) is 2.94. The molecule has 3 heteroatoms. The van der Waals surface area contributed by atoms with Gasteiger partial charge in [0.2, 0.25) is 0 Å². The standard InChI is InChI=1S/C14H20O3/c1-5-10(6-2)11-7-8-12(14(15)17-4)13(9-11)16-3/h7-10H,5-6H2,1-4H3. The van der Waals surface area contributed by atoms with Crippen LogP contribution in [-0.2, 0) is 4.74 Å². The monoisotopic (exact) mass is 236 g/mol. The van der Waals surface area contributed by atoms with Gasteiger partial charge in [-0.1, -0.05) is 19.9 Å². The lowest BCUT2D eigenvalue weighted by atomic mass is 9.93. The zero-order valence-corrected chi connectivity index (χ0v) is 10.9. The lowest BCUT2D eigenvalue weighted by Crippen LogP contribution is -2.05. The van der Waals surface area contributed by atoms with E-state index in [1.807, 2.05) is 12.1 Å². The van der Waals surface area contributed by atoms with Crippen molar-refractivity contribution < 1.29 is 14.3 Å². The van der Waals surface area contributed by atoms with Crippen molar-refractivity contribution in [1.82, 2.24) is 0 Å². The van der Waals surface area contributed by atoms with Crippen molar-refractivity contribution in [2.24, 2.45) is 0 Å². The fourth-order valence-corrected chi connectivity index (χ4v) is 2.00. The first-order valence-electron chi connectivity index (χ1n) is 5.94. The molecule has 3 nitrogen and oxygen atoms in total. The smallest absolute Gasteiger partial charge is 0.341 e. The third-order valence-corrected chi connectivity index (χ3v) is 3.09. The molecule has 0 atom stereocenters. The molecule has 0 aliphatic heterocycles. The first kappa shape index (κ1) is 13.6. The van der Waals surface area contributed by atoms with E-state index in [1.54, 1.807) is 13.2 Å². The summed E-state index contributed by atoms with van der Waals surface area (Å²) in [6.07, 6.45) is 2.16. The Morgan fingerprint density at radius 3 is 2.35 bits per heavy atom. The number of rotatable bonds is 5. The Morgan fingerprint density at radius 1 is 1.24 bits per heavy atom. The van der Waals surface area contributed by atoms with Gasteiger partial charge in [0.1, 0.15) is 11.3 Å². The maximum atomic E-state index is 11.5. The molecule has 0 aromatic heterocycles. The summed E-state index contributed by atoms with van der Waals surface area (Å²) in [5.74, 6) is 0.731. The fourth-order valence-electron chi connectivity index (χ4n) is 2.00. The van der Waals surface area contributed by atoms with Gasteiger partial charge < -0.3 is 9.47 Å². The van der Waals surface area contributed by atoms with Crippen LogP contribution in [0.25, 0.3) is 0 Å². The topological polar surface area (TPSA) is 35.5 Å². The van der Waals surface area contributed by atoms with E-state index >= 15 is 0 Å². The summed E-state index contributed by atoms with van der Waals surface area (Å²) in [6.45, 7) is 4.32. The van der Waals surface area contributed by atoms with Crippen LogP contribution in [0, 0.1) is 0 Å². The minimum absolute atomic E-state index is 0.363. The van der Waals surface area contributed by atoms with E-state index in [0.29, 0.717) is 17.2 Å². The Balaban J connectivity index is 3.12. The van der Waals surface area contributed by atoms with Gasteiger partial charge in [-0.05, 0) is 36.5 Å². The van der Waals surface area contributed by atoms with Crippen molar-refractivity contribution in [2.45, 2.75) is 32.6 Å². The summed E-state index contributed by atoms with van der Waals surface area (Å²) < 4.78 is 9.96. The lowest BCUT2D eigenvalue weighted by Gasteiger charge is -2.15. The summed E-state index contributed by atoms with van der Waals surface area (Å²) in [4.78, 5) is 11.5. The Labute approximate surface area is 103 Å². The molecule has 0 aliphatic rings. The Bertz CT molecular complexity index is 381. The second-order valence-corrected chi connectivity index (χ2v) is 3.96. The summed E-state index contributed by atoms with van der Waals surface area (Å²) in [5, 5.41) is 0. The zero-order valence-electron chi connectivity index (χ0n) is 10.9. The second kappa shape index (κ2) is 6.28. The molecular weight excluding hydrogens is 216 g/mol. The molecule has 1 rings (SSSR count). The normalized spacial score (nSPS) is 10.4. The van der Waals surface area contributed by atoms with E-state index in [2.05, 4.69) is 13.8 Å². The van der Waals surface area contributed by atoms with Crippen molar-refractivity contribution >= 4 is 5.97 Å². The van der Waals surface area contributed by atoms with Crippen molar-refractivity contribution in [3.8, 4) is 5.75 Å². The summed E-state index contributed by atoms with van der Waals surface area (Å²) in [6, 6.07) is 5.69. The molecule has 17 heavy (non-hydrogen) atoms. The van der Waals surface area contributed by atoms with E-state index in [4.69, 9.17) is 9.47 Å². The Morgan fingerprint density at radius 2 is 1.88 bits per heavy atom. The molecule has 0 amide bonds. The zero-order chi connectivity index (χ0) is 12.8. The van der Waals surface area contributed by atoms with E-state index in [1.165, 1.54) is 12.7 Å². The molecule has 0 bridgehead atoms. The molecule has 0 radical (unpaired) electrons. The number of benzene rings is 1. The van der Waals surface area contributed by atoms with Gasteiger partial charge in [-0.2, -0.15) is 0 Å². The number of hydrogen-bond acceptors (Lipinski definition) is 3. The molecule has 1 aromatic carbocycles. The van der Waals surface area contributed by atoms with Crippen LogP contribution in [0.5, 0.6) is 5.75 Å². The molecule has 0 saturated carbocycles. The highest BCUT2D eigenvalue weighted by molar-refractivity contribution is 5.92. The molecule has 0 fully saturated rings. The van der Waals surface area contributed by atoms with E-state index in [0.717, 1.165) is 12.8 Å². The fraction of sp³-hybridized carbons (Fsp3) is 0.500. The van der Waals surface area contributed by atoms with Gasteiger partial charge in [0.15, 0.2) is 0 Å². The van der Waals surface area contributed by atoms with Crippen LogP contribution in [0.2, 0.25) is 0 Å². The van der Waals surface area contributed by atoms with Gasteiger partial charge in [-0.3, -0.25) is 0 Å². The average molecular weight is 236 g/mol. The van der Waals surface area contributed by atoms with Crippen molar-refractivity contribution in [1.29, 1.82) is 0 Å². The number of carbonyl (C=O) groups is 1. The third kappa shape index (κ3) is 2.99. The van der Waals surface area contributed by atoms with Gasteiger partial charge >= 0.3 is 5.97 Å². The van der Waals surface area contributed by atoms with Crippen LogP contribution in [0.4, 0.5) is 0 Å². The molecule has 0 N–H and O–H groups in total. The van der Waals surface area contributed by atoms with E-state index in [-0.39, 0.29) is 5.97 Å². The molecular formula is C14H20O3. The largest absolute Gasteiger partial charge is 0.496 e. The second-order valence-electron chi connectivity index (χ2n) is 3.96. The average Bonchev–Trinajstić information content (AvgIpc) is 2.39. The Hall–Kier alpha value is -1.51. The number of carbonyl (C=O) groups excluding carboxylic acids is 1. The van der Waals surface area contributed by atoms with Gasteiger partial charge in [0.05, 0.1) is 14.2 Å². The summed E-state index contributed by atoms with van der Waals surface area (Å²) in [5.41, 5.74) is 1.68. The number of esters is 1. The van der Waals surface area contributed by atoms with Crippen LogP contribution in [-0.4, -0.2) is 20.2 Å². The van der Waals surface area contributed by atoms with Gasteiger partial charge in [-0.15, -0.1) is 0 Å². The number of ether oxygens (including phenoxy) is 2. The van der Waals surface area contributed by atoms with Crippen molar-refractivity contribution in [2.75, 3.05) is 14.2 Å². The Kier molecular flexibility index (Phi) is 5.01. The lowest BCUT2D eigenvalue weighted by molar-refractivity contribution is 0.0597. The minimum atomic E-state index is -0.363. The summed E-state index contributed by atoms with van der Waals surface area (Å²) >= 11 is 0. The van der Waals surface area contributed by atoms with Crippen LogP contribution in [0.3, 0.4) is 0 Å². The first-order chi connectivity index (χ1) is 8.17. The maximum absolute atomic E-state index is 11.5. The van der Waals surface area contributed by atoms with E-state index in [9.17, 15) is 4.79 Å². The van der Waals surface area contributed by atoms with Crippen molar-refractivity contribution in [3.63, 3.8) is 0 Å². The minimum Gasteiger partial charge on any atom is -0.496 e. The number of methoxy groups -OCH3 is 2. The third-order valence-electron chi connectivity index (χ3n) is 3.09. The molecule has 94 valence electrons. The van der Waals surface area contributed by atoms with Crippen LogP contribution in [0.1, 0.15) is 48.5 Å². The predicted molar refractivity (Wildman–Crippen MR) is 67.7 cm³/mol. The SMILES string of the molecule is CCC(CC)c1ccc(C(=O)OC)c(OC)c1. The molecule has 0 heterocycles. The van der Waals surface area contributed by atoms with Crippen molar-refractivity contribution in [3.05, 3.63) is 29.3 Å². The highest BCUT2D eigenvalue weighted by atomic mass is 16.5. The van der Waals surface area contributed by atoms with Gasteiger partial charge in [-0.25, -0.2) is 4.79 Å². The highest BCUT2D eigenvalue weighted by Gasteiger charge is 2.15. The van der Waals surface area contributed by atoms with Gasteiger partial charge in [0.25, 0.3) is 0 Å². The molecule has 0 spiro atoms. The molecule has 0 saturated heterocycles. The van der Waals surface area contributed by atoms with Crippen LogP contribution in [0.15, 0.2) is 18.2 Å². The molecule has 1 aromatic rings. The van der Waals surface area contributed by atoms with Crippen LogP contribution >= 0.6 is 0 Å². The quantitative estimate of drug-likeness (QED) is 0.735. The highest BCUT2D eigenvalue weighted by Crippen LogP contribution is 2.29. The maximum Gasteiger partial charge on any atom is 0.341 e. The van der Waals surface area contributed by atoms with Crippen LogP contribution < -0.4 is 4.74 Å². The predicted octanol–water partition coefficient (Wildman–Crippen LogP) is 3.39. The van der Waals surface area contributed by atoms with E-state index < -0.39 is 0 Å². The molecule has 0 aliphatic carbocycles. The van der Waals surface area contributed by atoms with Gasteiger partial charge in [0, 0.05) is 0 Å². The molecule has 0 unspecified atom stereocenters.